The van der Waals surface area contributed by atoms with E-state index < -0.39 is 0 Å². The zero-order valence-electron chi connectivity index (χ0n) is 10.7. The molecule has 0 heterocycles. The maximum Gasteiger partial charge on any atom is 0.142 e. The molecule has 0 fully saturated rings. The SMILES string of the molecule is CC.CC.COc1ccc(Cl)cc1NCO. The Morgan fingerprint density at radius 1 is 1.25 bits per heavy atom. The lowest BCUT2D eigenvalue weighted by molar-refractivity contribution is 0.324. The van der Waals surface area contributed by atoms with Gasteiger partial charge in [-0.25, -0.2) is 0 Å². The van der Waals surface area contributed by atoms with E-state index in [1.54, 1.807) is 25.3 Å². The van der Waals surface area contributed by atoms with Crippen molar-refractivity contribution in [2.24, 2.45) is 0 Å². The number of methoxy groups -OCH3 is 1. The van der Waals surface area contributed by atoms with Gasteiger partial charge >= 0.3 is 0 Å². The molecule has 2 N–H and O–H groups in total. The molecule has 4 heteroatoms. The summed E-state index contributed by atoms with van der Waals surface area (Å²) in [4.78, 5) is 0. The lowest BCUT2D eigenvalue weighted by Crippen LogP contribution is -2.01. The third-order valence-electron chi connectivity index (χ3n) is 1.43. The van der Waals surface area contributed by atoms with Crippen LogP contribution in [0.5, 0.6) is 5.75 Å². The van der Waals surface area contributed by atoms with E-state index in [0.29, 0.717) is 16.5 Å². The predicted molar refractivity (Wildman–Crippen MR) is 71.4 cm³/mol. The van der Waals surface area contributed by atoms with E-state index in [1.807, 2.05) is 27.7 Å². The molecule has 0 amide bonds. The van der Waals surface area contributed by atoms with E-state index >= 15 is 0 Å². The van der Waals surface area contributed by atoms with E-state index in [1.165, 1.54) is 0 Å². The Morgan fingerprint density at radius 3 is 2.25 bits per heavy atom. The van der Waals surface area contributed by atoms with Crippen LogP contribution in [0.2, 0.25) is 5.02 Å². The summed E-state index contributed by atoms with van der Waals surface area (Å²) in [5.74, 6) is 0.661. The maximum absolute atomic E-state index is 8.62. The molecule has 16 heavy (non-hydrogen) atoms. The van der Waals surface area contributed by atoms with Crippen molar-refractivity contribution in [3.05, 3.63) is 23.2 Å². The summed E-state index contributed by atoms with van der Waals surface area (Å²) in [6.45, 7) is 7.86. The zero-order chi connectivity index (χ0) is 13.0. The highest BCUT2D eigenvalue weighted by Crippen LogP contribution is 2.27. The molecular formula is C12H22ClNO2. The molecule has 0 aliphatic heterocycles. The van der Waals surface area contributed by atoms with Gasteiger partial charge in [-0.05, 0) is 18.2 Å². The van der Waals surface area contributed by atoms with Crippen LogP contribution in [0.25, 0.3) is 0 Å². The van der Waals surface area contributed by atoms with Gasteiger partial charge in [0.15, 0.2) is 0 Å². The molecule has 1 aromatic carbocycles. The van der Waals surface area contributed by atoms with Crippen LogP contribution >= 0.6 is 11.6 Å². The Balaban J connectivity index is 0. The minimum absolute atomic E-state index is 0.142. The second-order valence-corrected chi connectivity index (χ2v) is 2.62. The Labute approximate surface area is 103 Å². The van der Waals surface area contributed by atoms with Gasteiger partial charge in [0, 0.05) is 5.02 Å². The van der Waals surface area contributed by atoms with Crippen molar-refractivity contribution in [1.29, 1.82) is 0 Å². The van der Waals surface area contributed by atoms with Gasteiger partial charge in [0.25, 0.3) is 0 Å². The molecule has 0 aliphatic carbocycles. The Hall–Kier alpha value is -0.930. The van der Waals surface area contributed by atoms with Crippen LogP contribution in [0.4, 0.5) is 5.69 Å². The lowest BCUT2D eigenvalue weighted by atomic mass is 10.3. The third-order valence-corrected chi connectivity index (χ3v) is 1.67. The molecule has 0 aromatic heterocycles. The van der Waals surface area contributed by atoms with E-state index in [-0.39, 0.29) is 6.73 Å². The Bertz CT molecular complexity index is 267. The van der Waals surface area contributed by atoms with Crippen molar-refractivity contribution in [2.45, 2.75) is 27.7 Å². The number of nitrogens with one attached hydrogen (secondary N) is 1. The number of aliphatic hydroxyl groups is 1. The Morgan fingerprint density at radius 2 is 1.81 bits per heavy atom. The van der Waals surface area contributed by atoms with E-state index in [2.05, 4.69) is 5.32 Å². The molecule has 0 saturated carbocycles. The van der Waals surface area contributed by atoms with Gasteiger partial charge in [-0.1, -0.05) is 39.3 Å². The quantitative estimate of drug-likeness (QED) is 0.799. The molecular weight excluding hydrogens is 226 g/mol. The normalized spacial score (nSPS) is 7.94. The number of halogens is 1. The molecule has 0 spiro atoms. The van der Waals surface area contributed by atoms with Gasteiger partial charge in [-0.2, -0.15) is 0 Å². The molecule has 0 aliphatic rings. The fourth-order valence-corrected chi connectivity index (χ4v) is 1.08. The summed E-state index contributed by atoms with van der Waals surface area (Å²) in [7, 11) is 1.56. The van der Waals surface area contributed by atoms with Gasteiger partial charge in [0.1, 0.15) is 12.5 Å². The first-order valence-corrected chi connectivity index (χ1v) is 5.84. The first-order chi connectivity index (χ1) is 7.77. The summed E-state index contributed by atoms with van der Waals surface area (Å²) in [6.07, 6.45) is 0. The van der Waals surface area contributed by atoms with Crippen LogP contribution in [-0.2, 0) is 0 Å². The average Bonchev–Trinajstić information content (AvgIpc) is 2.35. The second kappa shape index (κ2) is 12.1. The van der Waals surface area contributed by atoms with Crippen LogP contribution in [-0.4, -0.2) is 18.9 Å². The molecule has 1 aromatic rings. The number of aliphatic hydroxyl groups excluding tert-OH is 1. The largest absolute Gasteiger partial charge is 0.495 e. The summed E-state index contributed by atoms with van der Waals surface area (Å²) >= 11 is 5.73. The molecule has 0 unspecified atom stereocenters. The fourth-order valence-electron chi connectivity index (χ4n) is 0.904. The summed E-state index contributed by atoms with van der Waals surface area (Å²) < 4.78 is 5.02. The Kier molecular flexibility index (Phi) is 13.3. The summed E-state index contributed by atoms with van der Waals surface area (Å²) in [5, 5.41) is 11.9. The highest BCUT2D eigenvalue weighted by molar-refractivity contribution is 6.30. The first-order valence-electron chi connectivity index (χ1n) is 5.46. The van der Waals surface area contributed by atoms with E-state index in [0.717, 1.165) is 0 Å². The molecule has 94 valence electrons. The van der Waals surface area contributed by atoms with Crippen molar-refractivity contribution in [1.82, 2.24) is 0 Å². The van der Waals surface area contributed by atoms with Crippen molar-refractivity contribution >= 4 is 17.3 Å². The molecule has 0 radical (unpaired) electrons. The van der Waals surface area contributed by atoms with Crippen molar-refractivity contribution < 1.29 is 9.84 Å². The highest BCUT2D eigenvalue weighted by Gasteiger charge is 2.01. The number of anilines is 1. The highest BCUT2D eigenvalue weighted by atomic mass is 35.5. The minimum atomic E-state index is -0.142. The summed E-state index contributed by atoms with van der Waals surface area (Å²) in [6, 6.07) is 5.15. The van der Waals surface area contributed by atoms with Crippen LogP contribution < -0.4 is 10.1 Å². The molecule has 0 bridgehead atoms. The van der Waals surface area contributed by atoms with Gasteiger partial charge in [0.2, 0.25) is 0 Å². The number of benzene rings is 1. The molecule has 3 nitrogen and oxygen atoms in total. The summed E-state index contributed by atoms with van der Waals surface area (Å²) in [5.41, 5.74) is 0.688. The van der Waals surface area contributed by atoms with Gasteiger partial charge in [-0.3, -0.25) is 0 Å². The number of hydrogen-bond donors (Lipinski definition) is 2. The first kappa shape index (κ1) is 17.5. The standard InChI is InChI=1S/C8H10ClNO2.2C2H6/c1-12-8-3-2-6(9)4-7(8)10-5-11;2*1-2/h2-4,10-11H,5H2,1H3;2*1-2H3. The second-order valence-electron chi connectivity index (χ2n) is 2.18. The van der Waals surface area contributed by atoms with Crippen LogP contribution in [0.1, 0.15) is 27.7 Å². The van der Waals surface area contributed by atoms with Crippen molar-refractivity contribution in [2.75, 3.05) is 19.2 Å². The zero-order valence-corrected chi connectivity index (χ0v) is 11.4. The number of rotatable bonds is 3. The molecule has 1 rings (SSSR count). The predicted octanol–water partition coefficient (Wildman–Crippen LogP) is 3.76. The number of hydrogen-bond acceptors (Lipinski definition) is 3. The topological polar surface area (TPSA) is 41.5 Å². The average molecular weight is 248 g/mol. The van der Waals surface area contributed by atoms with E-state index in [4.69, 9.17) is 21.4 Å². The monoisotopic (exact) mass is 247 g/mol. The third kappa shape index (κ3) is 6.53. The minimum Gasteiger partial charge on any atom is -0.495 e. The molecule has 0 saturated heterocycles. The van der Waals surface area contributed by atoms with E-state index in [9.17, 15) is 0 Å². The smallest absolute Gasteiger partial charge is 0.142 e. The fraction of sp³-hybridized carbons (Fsp3) is 0.500. The number of ether oxygens (including phenoxy) is 1. The van der Waals surface area contributed by atoms with Gasteiger partial charge < -0.3 is 15.2 Å². The van der Waals surface area contributed by atoms with Crippen molar-refractivity contribution in [3.8, 4) is 5.75 Å². The van der Waals surface area contributed by atoms with Crippen LogP contribution in [0.15, 0.2) is 18.2 Å². The van der Waals surface area contributed by atoms with Crippen LogP contribution in [0.3, 0.4) is 0 Å². The molecule has 0 atom stereocenters. The maximum atomic E-state index is 8.62. The van der Waals surface area contributed by atoms with Crippen LogP contribution in [0, 0.1) is 0 Å². The van der Waals surface area contributed by atoms with Crippen molar-refractivity contribution in [3.63, 3.8) is 0 Å². The lowest BCUT2D eigenvalue weighted by Gasteiger charge is -2.08. The van der Waals surface area contributed by atoms with Gasteiger partial charge in [-0.15, -0.1) is 0 Å². The van der Waals surface area contributed by atoms with Gasteiger partial charge in [0.05, 0.1) is 12.8 Å².